The minimum Gasteiger partial charge on any atom is -0.565 e. The first-order valence-electron chi connectivity index (χ1n) is 10.2. The number of benzene rings is 2. The van der Waals surface area contributed by atoms with E-state index in [1.54, 1.807) is 24.3 Å². The zero-order valence-corrected chi connectivity index (χ0v) is 23.4. The van der Waals surface area contributed by atoms with E-state index in [0.29, 0.717) is 17.4 Å². The summed E-state index contributed by atoms with van der Waals surface area (Å²) < 4.78 is 25.1. The fraction of sp³-hybridized carbons (Fsp3) is 0.348. The Morgan fingerprint density at radius 2 is 1.88 bits per heavy atom. The van der Waals surface area contributed by atoms with Crippen LogP contribution in [0.1, 0.15) is 24.0 Å². The van der Waals surface area contributed by atoms with Gasteiger partial charge in [0, 0.05) is 23.1 Å². The first kappa shape index (κ1) is 29.7. The fourth-order valence-corrected chi connectivity index (χ4v) is 5.35. The van der Waals surface area contributed by atoms with Gasteiger partial charge in [0.2, 0.25) is 6.16 Å². The van der Waals surface area contributed by atoms with E-state index in [0.717, 1.165) is 17.5 Å². The van der Waals surface area contributed by atoms with Crippen LogP contribution in [-0.2, 0) is 22.7 Å². The van der Waals surface area contributed by atoms with Crippen molar-refractivity contribution < 1.29 is 53.0 Å². The number of hydrogen-bond acceptors (Lipinski definition) is 5. The molecule has 10 heteroatoms. The molecule has 7 nitrogen and oxygen atoms in total. The van der Waals surface area contributed by atoms with Gasteiger partial charge in [0.15, 0.2) is 9.84 Å². The molecular formula is C23H28BrN2NaO5S. The second kappa shape index (κ2) is 13.5. The summed E-state index contributed by atoms with van der Waals surface area (Å²) in [6.07, 6.45) is 4.12. The largest absolute Gasteiger partial charge is 1.00 e. The van der Waals surface area contributed by atoms with Gasteiger partial charge >= 0.3 is 29.6 Å². The topological polar surface area (TPSA) is 114 Å². The van der Waals surface area contributed by atoms with Crippen LogP contribution in [-0.4, -0.2) is 55.0 Å². The van der Waals surface area contributed by atoms with Crippen molar-refractivity contribution in [3.8, 4) is 0 Å². The smallest absolute Gasteiger partial charge is 0.565 e. The van der Waals surface area contributed by atoms with Crippen molar-refractivity contribution in [3.05, 3.63) is 65.9 Å². The first-order chi connectivity index (χ1) is 14.8. The van der Waals surface area contributed by atoms with E-state index in [1.807, 2.05) is 12.1 Å². The molecule has 0 aliphatic carbocycles. The molecule has 0 saturated carbocycles. The Labute approximate surface area is 227 Å². The van der Waals surface area contributed by atoms with Gasteiger partial charge in [0.1, 0.15) is 0 Å². The number of likely N-dealkylation sites (N-methyl/N-ethyl adjacent to an activating group) is 1. The van der Waals surface area contributed by atoms with Crippen LogP contribution in [0.15, 0.2) is 59.6 Å². The number of fused-ring (bicyclic) bond motifs is 1. The molecule has 2 aromatic carbocycles. The Bertz CT molecular complexity index is 1130. The van der Waals surface area contributed by atoms with Crippen LogP contribution in [0.5, 0.6) is 0 Å². The number of hydrogen-bond donors (Lipinski definition) is 2. The molecule has 1 aliphatic heterocycles. The summed E-state index contributed by atoms with van der Waals surface area (Å²) >= 11 is 0. The number of rotatable bonds is 6. The summed E-state index contributed by atoms with van der Waals surface area (Å²) in [7, 11) is -1.05. The van der Waals surface area contributed by atoms with Crippen molar-refractivity contribution in [1.82, 2.24) is 9.88 Å². The summed E-state index contributed by atoms with van der Waals surface area (Å²) in [5.41, 5.74) is 3.53. The molecule has 0 spiro atoms. The van der Waals surface area contributed by atoms with Gasteiger partial charge in [0.05, 0.1) is 10.6 Å². The Balaban J connectivity index is 0.000000842. The third kappa shape index (κ3) is 8.42. The van der Waals surface area contributed by atoms with E-state index in [-0.39, 0.29) is 52.3 Å². The average molecular weight is 547 g/mol. The fourth-order valence-electron chi connectivity index (χ4n) is 4.04. The van der Waals surface area contributed by atoms with E-state index in [1.165, 1.54) is 30.3 Å². The number of aryl methyl sites for hydroxylation is 1. The van der Waals surface area contributed by atoms with Gasteiger partial charge < -0.3 is 24.9 Å². The zero-order valence-electron chi connectivity index (χ0n) is 18.9. The van der Waals surface area contributed by atoms with Crippen LogP contribution in [0.3, 0.4) is 0 Å². The molecule has 1 aliphatic rings. The molecular weight excluding hydrogens is 519 g/mol. The number of carboxylic acid groups (broad SMARTS) is 2. The SMILES string of the molecule is Br.CN1CCC[C@@H]1Cc1c[nH]c2ccc(CCS(=O)(=O)c3ccccc3)cc12.O=C([O-])O.[Na+]. The number of likely N-dealkylation sites (tertiary alicyclic amines) is 1. The molecule has 2 N–H and O–H groups in total. The molecule has 1 atom stereocenters. The molecule has 0 amide bonds. The molecule has 4 rings (SSSR count). The van der Waals surface area contributed by atoms with Crippen LogP contribution in [0.2, 0.25) is 0 Å². The summed E-state index contributed by atoms with van der Waals surface area (Å²) in [6, 6.07) is 15.6. The molecule has 0 unspecified atom stereocenters. The molecule has 33 heavy (non-hydrogen) atoms. The van der Waals surface area contributed by atoms with Crippen LogP contribution >= 0.6 is 17.0 Å². The quantitative estimate of drug-likeness (QED) is 0.429. The maximum Gasteiger partial charge on any atom is 1.00 e. The molecule has 2 heterocycles. The monoisotopic (exact) mass is 546 g/mol. The predicted octanol–water partition coefficient (Wildman–Crippen LogP) is 0.291. The van der Waals surface area contributed by atoms with Crippen molar-refractivity contribution in [2.24, 2.45) is 0 Å². The Morgan fingerprint density at radius 1 is 1.21 bits per heavy atom. The Kier molecular flexibility index (Phi) is 12.1. The number of H-pyrrole nitrogens is 1. The third-order valence-corrected chi connectivity index (χ3v) is 7.45. The number of aromatic nitrogens is 1. The summed E-state index contributed by atoms with van der Waals surface area (Å²) in [4.78, 5) is 14.7. The van der Waals surface area contributed by atoms with Crippen molar-refractivity contribution >= 4 is 43.9 Å². The number of nitrogens with one attached hydrogen (secondary N) is 1. The number of halogens is 1. The normalized spacial score (nSPS) is 15.7. The minimum absolute atomic E-state index is 0. The van der Waals surface area contributed by atoms with Gasteiger partial charge in [-0.3, -0.25) is 0 Å². The van der Waals surface area contributed by atoms with E-state index >= 15 is 0 Å². The standard InChI is InChI=1S/C22H26N2O2S.CH2O3.BrH.Na/c1-24-12-5-6-19(24)15-18-16-23-22-10-9-17(14-21(18)22)11-13-27(25,26)20-7-3-2-4-8-20;2-1(3)4;;/h2-4,7-10,14,16,19,23H,5-6,11-13,15H2,1H3;(H2,2,3,4);1H;/q;;;+1/p-1/t19-;;;/m1.../s1. The molecule has 3 aromatic rings. The van der Waals surface area contributed by atoms with Crippen molar-refractivity contribution in [2.75, 3.05) is 19.3 Å². The van der Waals surface area contributed by atoms with Gasteiger partial charge in [-0.1, -0.05) is 24.3 Å². The molecule has 0 radical (unpaired) electrons. The molecule has 0 bridgehead atoms. The zero-order chi connectivity index (χ0) is 22.4. The van der Waals surface area contributed by atoms with Crippen LogP contribution < -0.4 is 34.7 Å². The predicted molar refractivity (Wildman–Crippen MR) is 128 cm³/mol. The van der Waals surface area contributed by atoms with E-state index in [4.69, 9.17) is 15.0 Å². The first-order valence-corrected chi connectivity index (χ1v) is 11.9. The molecule has 1 aromatic heterocycles. The summed E-state index contributed by atoms with van der Waals surface area (Å²) in [6.45, 7) is 1.18. The van der Waals surface area contributed by atoms with Gasteiger partial charge in [0.25, 0.3) is 0 Å². The Morgan fingerprint density at radius 3 is 2.48 bits per heavy atom. The van der Waals surface area contributed by atoms with Crippen LogP contribution in [0, 0.1) is 0 Å². The van der Waals surface area contributed by atoms with E-state index < -0.39 is 16.0 Å². The van der Waals surface area contributed by atoms with Gasteiger partial charge in [-0.15, -0.1) is 17.0 Å². The molecule has 1 fully saturated rings. The van der Waals surface area contributed by atoms with Gasteiger partial charge in [-0.2, -0.15) is 0 Å². The summed E-state index contributed by atoms with van der Waals surface area (Å²) in [5, 5.41) is 16.5. The maximum absolute atomic E-state index is 12.5. The molecule has 174 valence electrons. The average Bonchev–Trinajstić information content (AvgIpc) is 3.33. The van der Waals surface area contributed by atoms with Crippen LogP contribution in [0.4, 0.5) is 4.79 Å². The summed E-state index contributed by atoms with van der Waals surface area (Å²) in [5.74, 6) is 0.133. The second-order valence-electron chi connectivity index (χ2n) is 7.82. The number of sulfone groups is 1. The van der Waals surface area contributed by atoms with Gasteiger partial charge in [-0.05, 0) is 74.7 Å². The van der Waals surface area contributed by atoms with E-state index in [2.05, 4.69) is 35.3 Å². The van der Waals surface area contributed by atoms with Crippen molar-refractivity contribution in [2.45, 2.75) is 36.6 Å². The Hall–Kier alpha value is -1.36. The number of nitrogens with zero attached hydrogens (tertiary/aromatic N) is 1. The van der Waals surface area contributed by atoms with E-state index in [9.17, 15) is 8.42 Å². The third-order valence-electron chi connectivity index (χ3n) is 5.72. The van der Waals surface area contributed by atoms with Crippen molar-refractivity contribution in [1.29, 1.82) is 0 Å². The van der Waals surface area contributed by atoms with Crippen LogP contribution in [0.25, 0.3) is 10.9 Å². The van der Waals surface area contributed by atoms with Gasteiger partial charge in [-0.25, -0.2) is 8.42 Å². The minimum atomic E-state index is -3.25. The van der Waals surface area contributed by atoms with Crippen molar-refractivity contribution in [3.63, 3.8) is 0 Å². The molecule has 1 saturated heterocycles. The maximum atomic E-state index is 12.5. The number of carbonyl (C=O) groups is 1. The number of aromatic amines is 1. The second-order valence-corrected chi connectivity index (χ2v) is 9.93.